The van der Waals surface area contributed by atoms with Gasteiger partial charge < -0.3 is 4.74 Å². The number of benzene rings is 2. The maximum atomic E-state index is 13.1. The molecule has 3 aliphatic rings. The van der Waals surface area contributed by atoms with Crippen LogP contribution in [0.1, 0.15) is 34.7 Å². The molecule has 6 nitrogen and oxygen atoms in total. The Morgan fingerprint density at radius 2 is 1.62 bits per heavy atom. The van der Waals surface area contributed by atoms with Crippen LogP contribution >= 0.6 is 15.9 Å². The minimum absolute atomic E-state index is 0.129. The topological polar surface area (TPSA) is 80.8 Å². The number of amides is 2. The van der Waals surface area contributed by atoms with E-state index in [2.05, 4.69) is 28.1 Å². The molecule has 3 fully saturated rings. The number of hydrogen-bond donors (Lipinski definition) is 0. The van der Waals surface area contributed by atoms with Gasteiger partial charge in [0.15, 0.2) is 12.4 Å². The second kappa shape index (κ2) is 8.28. The highest BCUT2D eigenvalue weighted by Crippen LogP contribution is 2.61. The Labute approximate surface area is 194 Å². The number of carbonyl (C=O) groups is 4. The summed E-state index contributed by atoms with van der Waals surface area (Å²) in [5, 5.41) is 0. The first kappa shape index (κ1) is 21.1. The van der Waals surface area contributed by atoms with Gasteiger partial charge in [-0.15, -0.1) is 0 Å². The SMILES string of the molecule is O=C(CN1C(=O)[C@@H]2[C@H]3C[C@H]([C@H]2C1=O)[C@@H](c1ccccc1)C3)OCC(=O)c1ccc(Br)cc1. The normalized spacial score (nSPS) is 28.2. The van der Waals surface area contributed by atoms with E-state index in [9.17, 15) is 19.2 Å². The number of Topliss-reactive ketones (excluding diaryl/α,β-unsaturated/α-hetero) is 1. The van der Waals surface area contributed by atoms with Gasteiger partial charge in [-0.25, -0.2) is 0 Å². The molecule has 2 bridgehead atoms. The summed E-state index contributed by atoms with van der Waals surface area (Å²) in [6, 6.07) is 16.9. The van der Waals surface area contributed by atoms with Gasteiger partial charge in [-0.1, -0.05) is 58.4 Å². The van der Waals surface area contributed by atoms with Gasteiger partial charge in [0.1, 0.15) is 6.54 Å². The van der Waals surface area contributed by atoms with Crippen LogP contribution in [0, 0.1) is 23.7 Å². The summed E-state index contributed by atoms with van der Waals surface area (Å²) < 4.78 is 5.92. The average Bonchev–Trinajstić information content (AvgIpc) is 3.46. The first-order valence-electron chi connectivity index (χ1n) is 10.8. The van der Waals surface area contributed by atoms with Crippen LogP contribution in [-0.2, 0) is 19.1 Å². The Balaban J connectivity index is 1.22. The molecule has 0 aromatic heterocycles. The molecular formula is C25H22BrNO5. The van der Waals surface area contributed by atoms with Crippen molar-refractivity contribution in [1.82, 2.24) is 4.90 Å². The van der Waals surface area contributed by atoms with Crippen LogP contribution in [0.2, 0.25) is 0 Å². The molecular weight excluding hydrogens is 474 g/mol. The van der Waals surface area contributed by atoms with E-state index in [0.717, 1.165) is 22.2 Å². The predicted octanol–water partition coefficient (Wildman–Crippen LogP) is 3.60. The van der Waals surface area contributed by atoms with E-state index in [1.807, 2.05) is 18.2 Å². The molecule has 164 valence electrons. The largest absolute Gasteiger partial charge is 0.456 e. The first-order valence-corrected chi connectivity index (χ1v) is 11.6. The van der Waals surface area contributed by atoms with Crippen molar-refractivity contribution in [3.63, 3.8) is 0 Å². The third-order valence-corrected chi connectivity index (χ3v) is 7.68. The molecule has 0 unspecified atom stereocenters. The lowest BCUT2D eigenvalue weighted by Crippen LogP contribution is -2.38. The van der Waals surface area contributed by atoms with Gasteiger partial charge in [0, 0.05) is 10.0 Å². The van der Waals surface area contributed by atoms with Crippen LogP contribution in [0.4, 0.5) is 0 Å². The molecule has 5 atom stereocenters. The number of carbonyl (C=O) groups excluding carboxylic acids is 4. The Bertz CT molecular complexity index is 1080. The van der Waals surface area contributed by atoms with Crippen LogP contribution in [0.5, 0.6) is 0 Å². The van der Waals surface area contributed by atoms with E-state index >= 15 is 0 Å². The van der Waals surface area contributed by atoms with Gasteiger partial charge in [-0.2, -0.15) is 0 Å². The van der Waals surface area contributed by atoms with Gasteiger partial charge in [-0.05, 0) is 48.3 Å². The average molecular weight is 496 g/mol. The maximum absolute atomic E-state index is 13.1. The fourth-order valence-electron chi connectivity index (χ4n) is 5.80. The molecule has 2 aliphatic carbocycles. The van der Waals surface area contributed by atoms with Crippen molar-refractivity contribution >= 4 is 39.5 Å². The van der Waals surface area contributed by atoms with Gasteiger partial charge in [0.2, 0.25) is 11.8 Å². The second-order valence-corrected chi connectivity index (χ2v) is 9.73. The van der Waals surface area contributed by atoms with Crippen LogP contribution < -0.4 is 0 Å². The summed E-state index contributed by atoms with van der Waals surface area (Å²) in [6.07, 6.45) is 1.78. The second-order valence-electron chi connectivity index (χ2n) is 8.82. The van der Waals surface area contributed by atoms with Crippen molar-refractivity contribution in [2.24, 2.45) is 23.7 Å². The van der Waals surface area contributed by atoms with Crippen LogP contribution in [0.25, 0.3) is 0 Å². The number of fused-ring (bicyclic) bond motifs is 5. The smallest absolute Gasteiger partial charge is 0.326 e. The van der Waals surface area contributed by atoms with Gasteiger partial charge in [-0.3, -0.25) is 24.1 Å². The highest BCUT2D eigenvalue weighted by molar-refractivity contribution is 9.10. The third kappa shape index (κ3) is 3.58. The lowest BCUT2D eigenvalue weighted by molar-refractivity contribution is -0.152. The van der Waals surface area contributed by atoms with Gasteiger partial charge >= 0.3 is 5.97 Å². The summed E-state index contributed by atoms with van der Waals surface area (Å²) in [4.78, 5) is 51.7. The minimum Gasteiger partial charge on any atom is -0.456 e. The van der Waals surface area contributed by atoms with Crippen molar-refractivity contribution in [2.75, 3.05) is 13.2 Å². The van der Waals surface area contributed by atoms with Crippen LogP contribution in [-0.4, -0.2) is 41.6 Å². The molecule has 1 aliphatic heterocycles. The zero-order valence-electron chi connectivity index (χ0n) is 17.3. The zero-order valence-corrected chi connectivity index (χ0v) is 18.9. The summed E-state index contributed by atoms with van der Waals surface area (Å²) >= 11 is 3.30. The van der Waals surface area contributed by atoms with E-state index in [0.29, 0.717) is 5.56 Å². The predicted molar refractivity (Wildman–Crippen MR) is 119 cm³/mol. The quantitative estimate of drug-likeness (QED) is 0.347. The molecule has 5 rings (SSSR count). The number of likely N-dealkylation sites (tertiary alicyclic amines) is 1. The van der Waals surface area contributed by atoms with Gasteiger partial charge in [0.25, 0.3) is 0 Å². The number of hydrogen-bond acceptors (Lipinski definition) is 5. The van der Waals surface area contributed by atoms with Crippen molar-refractivity contribution in [3.8, 4) is 0 Å². The molecule has 0 N–H and O–H groups in total. The molecule has 2 amide bonds. The van der Waals surface area contributed by atoms with E-state index in [1.165, 1.54) is 5.56 Å². The van der Waals surface area contributed by atoms with Crippen molar-refractivity contribution in [2.45, 2.75) is 18.8 Å². The number of esters is 1. The Hall–Kier alpha value is -2.80. The summed E-state index contributed by atoms with van der Waals surface area (Å²) in [6.45, 7) is -0.862. The molecule has 32 heavy (non-hydrogen) atoms. The number of rotatable bonds is 6. The molecule has 0 radical (unpaired) electrons. The molecule has 2 saturated carbocycles. The molecule has 1 heterocycles. The van der Waals surface area contributed by atoms with Crippen LogP contribution in [0.15, 0.2) is 59.1 Å². The highest BCUT2D eigenvalue weighted by atomic mass is 79.9. The van der Waals surface area contributed by atoms with Crippen LogP contribution in [0.3, 0.4) is 0 Å². The molecule has 1 saturated heterocycles. The zero-order chi connectivity index (χ0) is 22.4. The lowest BCUT2D eigenvalue weighted by atomic mass is 9.73. The van der Waals surface area contributed by atoms with E-state index in [-0.39, 0.29) is 47.2 Å². The molecule has 0 spiro atoms. The Morgan fingerprint density at radius 3 is 2.34 bits per heavy atom. The molecule has 2 aromatic carbocycles. The monoisotopic (exact) mass is 495 g/mol. The van der Waals surface area contributed by atoms with Crippen molar-refractivity contribution in [1.29, 1.82) is 0 Å². The number of ketones is 1. The summed E-state index contributed by atoms with van der Waals surface area (Å²) in [5.74, 6) is -1.74. The molecule has 7 heteroatoms. The molecule has 2 aromatic rings. The van der Waals surface area contributed by atoms with Gasteiger partial charge in [0.05, 0.1) is 11.8 Å². The standard InChI is InChI=1S/C25H22BrNO5/c26-17-8-6-15(7-9-17)20(28)13-32-21(29)12-27-24(30)22-16-10-18(14-4-2-1-3-5-14)19(11-16)23(22)25(27)31/h1-9,16,18-19,22-23H,10-13H2/t16-,18-,19+,22-,23-/m1/s1. The van der Waals surface area contributed by atoms with E-state index in [4.69, 9.17) is 4.74 Å². The lowest BCUT2D eigenvalue weighted by Gasteiger charge is -2.28. The third-order valence-electron chi connectivity index (χ3n) is 7.15. The Kier molecular flexibility index (Phi) is 5.45. The highest BCUT2D eigenvalue weighted by Gasteiger charge is 2.64. The fraction of sp³-hybridized carbons (Fsp3) is 0.360. The van der Waals surface area contributed by atoms with Crippen molar-refractivity contribution < 1.29 is 23.9 Å². The number of halogens is 1. The van der Waals surface area contributed by atoms with E-state index < -0.39 is 19.1 Å². The first-order chi connectivity index (χ1) is 15.4. The fourth-order valence-corrected chi connectivity index (χ4v) is 6.06. The number of imide groups is 1. The maximum Gasteiger partial charge on any atom is 0.326 e. The minimum atomic E-state index is -0.746. The number of ether oxygens (including phenoxy) is 1. The summed E-state index contributed by atoms with van der Waals surface area (Å²) in [5.41, 5.74) is 1.63. The summed E-state index contributed by atoms with van der Waals surface area (Å²) in [7, 11) is 0. The Morgan fingerprint density at radius 1 is 0.938 bits per heavy atom. The van der Waals surface area contributed by atoms with Crippen molar-refractivity contribution in [3.05, 3.63) is 70.2 Å². The number of nitrogens with zero attached hydrogens (tertiary/aromatic N) is 1. The van der Waals surface area contributed by atoms with E-state index in [1.54, 1.807) is 24.3 Å².